The Labute approximate surface area is 144 Å². The molecule has 1 rings (SSSR count). The summed E-state index contributed by atoms with van der Waals surface area (Å²) in [4.78, 5) is 35.8. The van der Waals surface area contributed by atoms with Gasteiger partial charge in [-0.25, -0.2) is 0 Å². The molecule has 0 aliphatic heterocycles. The van der Waals surface area contributed by atoms with Gasteiger partial charge in [-0.1, -0.05) is 41.1 Å². The highest BCUT2D eigenvalue weighted by molar-refractivity contribution is 9.10. The maximum absolute atomic E-state index is 12.2. The van der Waals surface area contributed by atoms with Crippen molar-refractivity contribution in [2.24, 2.45) is 5.92 Å². The molecule has 124 valence electrons. The Morgan fingerprint density at radius 2 is 2.04 bits per heavy atom. The Bertz CT molecular complexity index is 600. The van der Waals surface area contributed by atoms with Crippen LogP contribution in [0.1, 0.15) is 30.6 Å². The molecule has 1 N–H and O–H groups in total. The first-order valence-electron chi connectivity index (χ1n) is 7.23. The van der Waals surface area contributed by atoms with Crippen molar-refractivity contribution in [3.05, 3.63) is 47.0 Å². The Morgan fingerprint density at radius 1 is 1.35 bits per heavy atom. The van der Waals surface area contributed by atoms with Crippen LogP contribution >= 0.6 is 15.9 Å². The number of benzene rings is 1. The van der Waals surface area contributed by atoms with Gasteiger partial charge >= 0.3 is 5.97 Å². The highest BCUT2D eigenvalue weighted by Gasteiger charge is 2.24. The number of amides is 1. The van der Waals surface area contributed by atoms with Crippen LogP contribution in [0.15, 0.2) is 41.4 Å². The van der Waals surface area contributed by atoms with E-state index >= 15 is 0 Å². The maximum Gasteiger partial charge on any atom is 0.309 e. The van der Waals surface area contributed by atoms with Crippen LogP contribution in [0, 0.1) is 5.92 Å². The summed E-state index contributed by atoms with van der Waals surface area (Å²) in [7, 11) is 0. The van der Waals surface area contributed by atoms with E-state index in [2.05, 4.69) is 27.8 Å². The average Bonchev–Trinajstić information content (AvgIpc) is 2.52. The van der Waals surface area contributed by atoms with Crippen LogP contribution in [0.4, 0.5) is 0 Å². The lowest BCUT2D eigenvalue weighted by atomic mass is 10.00. The molecule has 0 saturated heterocycles. The highest BCUT2D eigenvalue weighted by atomic mass is 79.9. The van der Waals surface area contributed by atoms with Crippen molar-refractivity contribution in [2.45, 2.75) is 26.4 Å². The number of hydrogen-bond acceptors (Lipinski definition) is 4. The van der Waals surface area contributed by atoms with Gasteiger partial charge in [-0.3, -0.25) is 14.4 Å². The van der Waals surface area contributed by atoms with Crippen molar-refractivity contribution >= 4 is 33.6 Å². The number of carbonyl (C=O) groups excluding carboxylic acids is 3. The fourth-order valence-electron chi connectivity index (χ4n) is 1.80. The number of halogens is 1. The molecular formula is C17H20BrNO4. The van der Waals surface area contributed by atoms with E-state index in [0.717, 1.165) is 4.47 Å². The quantitative estimate of drug-likeness (QED) is 0.426. The van der Waals surface area contributed by atoms with E-state index in [1.165, 1.54) is 13.0 Å². The Balaban J connectivity index is 2.55. The van der Waals surface area contributed by atoms with Crippen molar-refractivity contribution in [2.75, 3.05) is 6.54 Å². The molecule has 0 spiro atoms. The third-order valence-corrected chi connectivity index (χ3v) is 3.62. The normalized spacial score (nSPS) is 12.8. The molecule has 1 amide bonds. The molecule has 0 aromatic heterocycles. The number of rotatable bonds is 8. The SMILES string of the molecule is C=CCNC(=O)C(C)OC(=O)C(C)CC(=O)c1cccc(Br)c1. The smallest absolute Gasteiger partial charge is 0.309 e. The van der Waals surface area contributed by atoms with Crippen LogP contribution < -0.4 is 5.32 Å². The Kier molecular flexibility index (Phi) is 7.68. The number of Topliss-reactive ketones (excluding diaryl/α,β-unsaturated/α-hetero) is 1. The summed E-state index contributed by atoms with van der Waals surface area (Å²) in [6, 6.07) is 6.96. The summed E-state index contributed by atoms with van der Waals surface area (Å²) in [5.74, 6) is -1.76. The van der Waals surface area contributed by atoms with E-state index in [-0.39, 0.29) is 12.2 Å². The van der Waals surface area contributed by atoms with Crippen LogP contribution in [0.3, 0.4) is 0 Å². The molecule has 0 saturated carbocycles. The number of ether oxygens (including phenoxy) is 1. The van der Waals surface area contributed by atoms with Crippen LogP contribution in [0.2, 0.25) is 0 Å². The van der Waals surface area contributed by atoms with Crippen molar-refractivity contribution in [1.82, 2.24) is 5.32 Å². The van der Waals surface area contributed by atoms with Crippen LogP contribution in [0.25, 0.3) is 0 Å². The summed E-state index contributed by atoms with van der Waals surface area (Å²) < 4.78 is 5.88. The fourth-order valence-corrected chi connectivity index (χ4v) is 2.20. The monoisotopic (exact) mass is 381 g/mol. The van der Waals surface area contributed by atoms with Gasteiger partial charge < -0.3 is 10.1 Å². The molecular weight excluding hydrogens is 362 g/mol. The molecule has 0 radical (unpaired) electrons. The first kappa shape index (κ1) is 19.1. The molecule has 0 heterocycles. The van der Waals surface area contributed by atoms with Gasteiger partial charge in [0.15, 0.2) is 11.9 Å². The summed E-state index contributed by atoms with van der Waals surface area (Å²) in [5, 5.41) is 2.54. The number of hydrogen-bond donors (Lipinski definition) is 1. The van der Waals surface area contributed by atoms with Crippen molar-refractivity contribution in [1.29, 1.82) is 0 Å². The molecule has 0 bridgehead atoms. The number of nitrogens with one attached hydrogen (secondary N) is 1. The minimum Gasteiger partial charge on any atom is -0.452 e. The molecule has 6 heteroatoms. The molecule has 23 heavy (non-hydrogen) atoms. The van der Waals surface area contributed by atoms with Crippen molar-refractivity contribution in [3.8, 4) is 0 Å². The molecule has 5 nitrogen and oxygen atoms in total. The molecule has 1 aromatic carbocycles. The van der Waals surface area contributed by atoms with E-state index in [9.17, 15) is 14.4 Å². The lowest BCUT2D eigenvalue weighted by molar-refractivity contribution is -0.158. The number of ketones is 1. The number of esters is 1. The lowest BCUT2D eigenvalue weighted by Crippen LogP contribution is -2.37. The molecule has 1 aromatic rings. The minimum absolute atomic E-state index is 0.0241. The van der Waals surface area contributed by atoms with Gasteiger partial charge in [0, 0.05) is 23.0 Å². The summed E-state index contributed by atoms with van der Waals surface area (Å²) in [6.07, 6.45) is 0.646. The lowest BCUT2D eigenvalue weighted by Gasteiger charge is -2.16. The summed E-state index contributed by atoms with van der Waals surface area (Å²) >= 11 is 3.30. The van der Waals surface area contributed by atoms with Gasteiger partial charge in [0.2, 0.25) is 0 Å². The van der Waals surface area contributed by atoms with Gasteiger partial charge in [-0.05, 0) is 19.1 Å². The molecule has 0 aliphatic carbocycles. The van der Waals surface area contributed by atoms with Crippen LogP contribution in [-0.2, 0) is 14.3 Å². The summed E-state index contributed by atoms with van der Waals surface area (Å²) in [5.41, 5.74) is 0.524. The summed E-state index contributed by atoms with van der Waals surface area (Å²) in [6.45, 7) is 6.88. The van der Waals surface area contributed by atoms with E-state index in [4.69, 9.17) is 4.74 Å². The molecule has 0 aliphatic rings. The minimum atomic E-state index is -0.911. The third kappa shape index (κ3) is 6.36. The van der Waals surface area contributed by atoms with Gasteiger partial charge in [0.1, 0.15) is 0 Å². The van der Waals surface area contributed by atoms with E-state index in [1.54, 1.807) is 25.1 Å². The van der Waals surface area contributed by atoms with E-state index < -0.39 is 23.9 Å². The number of carbonyl (C=O) groups is 3. The van der Waals surface area contributed by atoms with Crippen LogP contribution in [0.5, 0.6) is 0 Å². The Morgan fingerprint density at radius 3 is 2.65 bits per heavy atom. The Hall–Kier alpha value is -1.95. The van der Waals surface area contributed by atoms with E-state index in [1.807, 2.05) is 6.07 Å². The topological polar surface area (TPSA) is 72.5 Å². The zero-order valence-corrected chi connectivity index (χ0v) is 14.8. The van der Waals surface area contributed by atoms with E-state index in [0.29, 0.717) is 12.1 Å². The first-order valence-corrected chi connectivity index (χ1v) is 8.02. The van der Waals surface area contributed by atoms with Gasteiger partial charge in [-0.15, -0.1) is 6.58 Å². The van der Waals surface area contributed by atoms with Gasteiger partial charge in [0.05, 0.1) is 5.92 Å². The molecule has 0 fully saturated rings. The molecule has 2 atom stereocenters. The highest BCUT2D eigenvalue weighted by Crippen LogP contribution is 2.16. The van der Waals surface area contributed by atoms with Crippen molar-refractivity contribution in [3.63, 3.8) is 0 Å². The second-order valence-corrected chi connectivity index (χ2v) is 6.07. The molecule has 2 unspecified atom stereocenters. The van der Waals surface area contributed by atoms with Crippen LogP contribution in [-0.4, -0.2) is 30.3 Å². The predicted octanol–water partition coefficient (Wildman–Crippen LogP) is 2.89. The van der Waals surface area contributed by atoms with Crippen molar-refractivity contribution < 1.29 is 19.1 Å². The fraction of sp³-hybridized carbons (Fsp3) is 0.353. The van der Waals surface area contributed by atoms with Gasteiger partial charge in [0.25, 0.3) is 5.91 Å². The second kappa shape index (κ2) is 9.25. The first-order chi connectivity index (χ1) is 10.8. The third-order valence-electron chi connectivity index (χ3n) is 3.12. The standard InChI is InChI=1S/C17H20BrNO4/c1-4-8-19-16(21)12(3)23-17(22)11(2)9-15(20)13-6-5-7-14(18)10-13/h4-7,10-12H,1,8-9H2,2-3H3,(H,19,21). The average molecular weight is 382 g/mol. The predicted molar refractivity (Wildman–Crippen MR) is 91.0 cm³/mol. The largest absolute Gasteiger partial charge is 0.452 e. The zero-order chi connectivity index (χ0) is 17.4. The zero-order valence-electron chi connectivity index (χ0n) is 13.2. The van der Waals surface area contributed by atoms with Gasteiger partial charge in [-0.2, -0.15) is 0 Å². The maximum atomic E-state index is 12.2. The second-order valence-electron chi connectivity index (χ2n) is 5.15.